The minimum Gasteiger partial charge on any atom is -0.225 e. The van der Waals surface area contributed by atoms with Crippen LogP contribution in [-0.2, 0) is 13.6 Å². The molecule has 0 saturated heterocycles. The lowest BCUT2D eigenvalue weighted by Crippen LogP contribution is -2.31. The van der Waals surface area contributed by atoms with Gasteiger partial charge in [-0.1, -0.05) is 42.5 Å². The summed E-state index contributed by atoms with van der Waals surface area (Å²) >= 11 is 0. The van der Waals surface area contributed by atoms with Crippen molar-refractivity contribution in [1.82, 2.24) is 4.57 Å². The molecule has 0 fully saturated rings. The molecule has 1 aliphatic carbocycles. The molecule has 0 N–H and O–H groups in total. The van der Waals surface area contributed by atoms with E-state index in [1.54, 1.807) is 0 Å². The molecule has 0 amide bonds. The monoisotopic (exact) mass is 323 g/mol. The third kappa shape index (κ3) is 2.26. The molecule has 0 saturated carbocycles. The van der Waals surface area contributed by atoms with Gasteiger partial charge in [0.05, 0.1) is 7.05 Å². The number of nitrogens with zero attached hydrogens (tertiary/aromatic N) is 2. The number of hydrogen-bond donors (Lipinski definition) is 0. The van der Waals surface area contributed by atoms with Crippen molar-refractivity contribution in [2.24, 2.45) is 13.0 Å². The molecule has 4 heteroatoms. The number of rotatable bonds is 3. The van der Waals surface area contributed by atoms with Gasteiger partial charge in [-0.3, -0.25) is 0 Å². The van der Waals surface area contributed by atoms with Gasteiger partial charge in [0.2, 0.25) is 0 Å². The van der Waals surface area contributed by atoms with Crippen molar-refractivity contribution in [3.05, 3.63) is 78.4 Å². The van der Waals surface area contributed by atoms with Crippen LogP contribution in [-0.4, -0.2) is 4.57 Å². The molecule has 1 heterocycles. The predicted molar refractivity (Wildman–Crippen MR) is 90.2 cm³/mol. The second kappa shape index (κ2) is 5.71. The molecule has 1 aromatic heterocycles. The summed E-state index contributed by atoms with van der Waals surface area (Å²) in [5, 5.41) is 0. The quantitative estimate of drug-likeness (QED) is 0.640. The van der Waals surface area contributed by atoms with Crippen LogP contribution in [0.3, 0.4) is 0 Å². The van der Waals surface area contributed by atoms with Crippen LogP contribution in [0, 0.1) is 17.6 Å². The SMILES string of the molecule is C[n+]1c(-c2c(F)cccc2F)n(CC2C=CC=C2)c2ccccc21. The summed E-state index contributed by atoms with van der Waals surface area (Å²) in [6.45, 7) is 0.636. The van der Waals surface area contributed by atoms with Crippen molar-refractivity contribution in [3.63, 3.8) is 0 Å². The largest absolute Gasteiger partial charge is 0.295 e. The fourth-order valence-corrected chi connectivity index (χ4v) is 3.39. The minimum absolute atomic E-state index is 0.0159. The molecular formula is C20H17F2N2+. The van der Waals surface area contributed by atoms with Crippen molar-refractivity contribution in [2.45, 2.75) is 6.54 Å². The van der Waals surface area contributed by atoms with Gasteiger partial charge in [0.25, 0.3) is 5.82 Å². The van der Waals surface area contributed by atoms with Crippen LogP contribution >= 0.6 is 0 Å². The van der Waals surface area contributed by atoms with Crippen molar-refractivity contribution in [3.8, 4) is 11.4 Å². The fourth-order valence-electron chi connectivity index (χ4n) is 3.39. The van der Waals surface area contributed by atoms with Gasteiger partial charge in [0, 0.05) is 5.92 Å². The summed E-state index contributed by atoms with van der Waals surface area (Å²) in [6, 6.07) is 11.8. The Labute approximate surface area is 139 Å². The van der Waals surface area contributed by atoms with Crippen LogP contribution in [0.5, 0.6) is 0 Å². The van der Waals surface area contributed by atoms with E-state index in [1.807, 2.05) is 52.6 Å². The molecule has 2 aromatic carbocycles. The summed E-state index contributed by atoms with van der Waals surface area (Å²) in [7, 11) is 1.85. The smallest absolute Gasteiger partial charge is 0.225 e. The highest BCUT2D eigenvalue weighted by Crippen LogP contribution is 2.29. The number of aromatic nitrogens is 2. The van der Waals surface area contributed by atoms with Gasteiger partial charge < -0.3 is 0 Å². The second-order valence-corrected chi connectivity index (χ2v) is 6.01. The first-order chi connectivity index (χ1) is 11.7. The Kier molecular flexibility index (Phi) is 3.53. The number of aryl methyl sites for hydroxylation is 1. The van der Waals surface area contributed by atoms with E-state index in [9.17, 15) is 8.78 Å². The normalized spacial score (nSPS) is 14.1. The topological polar surface area (TPSA) is 8.81 Å². The predicted octanol–water partition coefficient (Wildman–Crippen LogP) is 4.15. The number of hydrogen-bond acceptors (Lipinski definition) is 0. The molecule has 0 unspecified atom stereocenters. The zero-order valence-electron chi connectivity index (χ0n) is 13.3. The Morgan fingerprint density at radius 2 is 1.62 bits per heavy atom. The van der Waals surface area contributed by atoms with Crippen molar-refractivity contribution < 1.29 is 13.3 Å². The van der Waals surface area contributed by atoms with Crippen LogP contribution in [0.4, 0.5) is 8.78 Å². The maximum absolute atomic E-state index is 14.4. The first kappa shape index (κ1) is 14.8. The highest BCUT2D eigenvalue weighted by molar-refractivity contribution is 5.76. The highest BCUT2D eigenvalue weighted by Gasteiger charge is 2.29. The Morgan fingerprint density at radius 1 is 0.958 bits per heavy atom. The van der Waals surface area contributed by atoms with E-state index >= 15 is 0 Å². The molecule has 120 valence electrons. The van der Waals surface area contributed by atoms with Crippen LogP contribution in [0.15, 0.2) is 66.8 Å². The van der Waals surface area contributed by atoms with E-state index in [0.717, 1.165) is 11.0 Å². The minimum atomic E-state index is -0.549. The van der Waals surface area contributed by atoms with Gasteiger partial charge >= 0.3 is 0 Å². The van der Waals surface area contributed by atoms with E-state index in [0.29, 0.717) is 12.4 Å². The Bertz CT molecular complexity index is 950. The van der Waals surface area contributed by atoms with Crippen LogP contribution < -0.4 is 4.57 Å². The molecule has 0 bridgehead atoms. The molecule has 2 nitrogen and oxygen atoms in total. The number of fused-ring (bicyclic) bond motifs is 1. The van der Waals surface area contributed by atoms with Crippen LogP contribution in [0.25, 0.3) is 22.4 Å². The van der Waals surface area contributed by atoms with Crippen molar-refractivity contribution in [1.29, 1.82) is 0 Å². The number of imidazole rings is 1. The molecule has 1 aliphatic rings. The summed E-state index contributed by atoms with van der Waals surface area (Å²) < 4.78 is 32.7. The first-order valence-electron chi connectivity index (χ1n) is 7.93. The first-order valence-corrected chi connectivity index (χ1v) is 7.93. The summed E-state index contributed by atoms with van der Waals surface area (Å²) in [6.07, 6.45) is 8.19. The van der Waals surface area contributed by atoms with Crippen LogP contribution in [0.1, 0.15) is 0 Å². The maximum Gasteiger partial charge on any atom is 0.295 e. The number of para-hydroxylation sites is 2. The van der Waals surface area contributed by atoms with Crippen molar-refractivity contribution in [2.75, 3.05) is 0 Å². The van der Waals surface area contributed by atoms with E-state index in [1.165, 1.54) is 18.2 Å². The highest BCUT2D eigenvalue weighted by atomic mass is 19.1. The van der Waals surface area contributed by atoms with Gasteiger partial charge in [-0.25, -0.2) is 17.9 Å². The zero-order valence-corrected chi connectivity index (χ0v) is 13.3. The van der Waals surface area contributed by atoms with E-state index < -0.39 is 11.6 Å². The molecule has 0 spiro atoms. The van der Waals surface area contributed by atoms with E-state index in [4.69, 9.17) is 0 Å². The standard InChI is InChI=1S/C20H17F2N2/c1-23-17-11-4-5-12-18(17)24(13-14-7-2-3-8-14)20(23)19-15(21)9-6-10-16(19)22/h2-12,14H,13H2,1H3/q+1. The number of benzene rings is 2. The number of allylic oxidation sites excluding steroid dienone is 4. The van der Waals surface area contributed by atoms with Gasteiger partial charge in [-0.2, -0.15) is 0 Å². The lowest BCUT2D eigenvalue weighted by atomic mass is 10.1. The van der Waals surface area contributed by atoms with Crippen LogP contribution in [0.2, 0.25) is 0 Å². The molecular weight excluding hydrogens is 306 g/mol. The van der Waals surface area contributed by atoms with E-state index in [2.05, 4.69) is 12.2 Å². The van der Waals surface area contributed by atoms with Gasteiger partial charge in [-0.15, -0.1) is 0 Å². The van der Waals surface area contributed by atoms with Crippen molar-refractivity contribution >= 4 is 11.0 Å². The number of halogens is 2. The third-order valence-corrected chi connectivity index (χ3v) is 4.51. The average molecular weight is 323 g/mol. The van der Waals surface area contributed by atoms with E-state index in [-0.39, 0.29) is 11.5 Å². The van der Waals surface area contributed by atoms with Gasteiger partial charge in [-0.05, 0) is 24.3 Å². The zero-order chi connectivity index (χ0) is 16.7. The molecule has 24 heavy (non-hydrogen) atoms. The lowest BCUT2D eigenvalue weighted by Gasteiger charge is -2.08. The summed E-state index contributed by atoms with van der Waals surface area (Å²) in [5.74, 6) is -0.339. The van der Waals surface area contributed by atoms with Gasteiger partial charge in [0.15, 0.2) is 11.0 Å². The Hall–Kier alpha value is -2.75. The molecule has 3 aromatic rings. The van der Waals surface area contributed by atoms with Gasteiger partial charge in [0.1, 0.15) is 23.7 Å². The molecule has 0 aliphatic heterocycles. The molecule has 0 atom stereocenters. The average Bonchev–Trinajstić information content (AvgIpc) is 3.17. The fraction of sp³-hybridized carbons (Fsp3) is 0.150. The Morgan fingerprint density at radius 3 is 2.33 bits per heavy atom. The second-order valence-electron chi connectivity index (χ2n) is 6.01. The Balaban J connectivity index is 2.01. The lowest BCUT2D eigenvalue weighted by molar-refractivity contribution is -0.634. The molecule has 4 rings (SSSR count). The molecule has 0 radical (unpaired) electrons. The maximum atomic E-state index is 14.4. The third-order valence-electron chi connectivity index (χ3n) is 4.51. The summed E-state index contributed by atoms with van der Waals surface area (Å²) in [4.78, 5) is 0. The summed E-state index contributed by atoms with van der Waals surface area (Å²) in [5.41, 5.74) is 1.93.